The molecular weight excluding hydrogens is 231 g/mol. The van der Waals surface area contributed by atoms with Gasteiger partial charge in [0, 0.05) is 31.3 Å². The van der Waals surface area contributed by atoms with Crippen molar-refractivity contribution < 1.29 is 9.13 Å². The maximum Gasteiger partial charge on any atom is 0.127 e. The second-order valence-corrected chi connectivity index (χ2v) is 4.98. The molecule has 0 aromatic heterocycles. The highest BCUT2D eigenvalue weighted by Gasteiger charge is 2.27. The lowest BCUT2D eigenvalue weighted by Gasteiger charge is -2.26. The van der Waals surface area contributed by atoms with E-state index in [0.29, 0.717) is 11.6 Å². The van der Waals surface area contributed by atoms with Crippen molar-refractivity contribution in [2.24, 2.45) is 5.73 Å². The van der Waals surface area contributed by atoms with E-state index in [4.69, 9.17) is 10.5 Å². The smallest absolute Gasteiger partial charge is 0.127 e. The molecule has 1 saturated heterocycles. The largest absolute Gasteiger partial charge is 0.377 e. The van der Waals surface area contributed by atoms with Crippen molar-refractivity contribution in [1.82, 2.24) is 4.90 Å². The van der Waals surface area contributed by atoms with E-state index in [2.05, 4.69) is 18.9 Å². The molecule has 2 rings (SSSR count). The molecular formula is C14H21FN2O. The third-order valence-electron chi connectivity index (χ3n) is 3.66. The number of benzene rings is 1. The maximum atomic E-state index is 13.4. The number of likely N-dealkylation sites (N-methyl/N-ethyl adjacent to an activating group) is 1. The number of halogens is 1. The first-order valence-corrected chi connectivity index (χ1v) is 6.41. The van der Waals surface area contributed by atoms with Gasteiger partial charge in [0.15, 0.2) is 0 Å². The zero-order valence-electron chi connectivity index (χ0n) is 11.0. The summed E-state index contributed by atoms with van der Waals surface area (Å²) < 4.78 is 18.9. The first-order valence-electron chi connectivity index (χ1n) is 6.41. The second-order valence-electron chi connectivity index (χ2n) is 4.98. The molecule has 100 valence electrons. The van der Waals surface area contributed by atoms with Gasteiger partial charge in [-0.1, -0.05) is 12.1 Å². The van der Waals surface area contributed by atoms with Gasteiger partial charge in [0.05, 0.1) is 6.10 Å². The molecule has 18 heavy (non-hydrogen) atoms. The van der Waals surface area contributed by atoms with Crippen molar-refractivity contribution in [2.75, 3.05) is 13.7 Å². The van der Waals surface area contributed by atoms with Crippen LogP contribution < -0.4 is 5.73 Å². The van der Waals surface area contributed by atoms with Crippen molar-refractivity contribution in [1.29, 1.82) is 0 Å². The molecule has 4 heteroatoms. The average Bonchev–Trinajstić information content (AvgIpc) is 2.78. The van der Waals surface area contributed by atoms with Crippen molar-refractivity contribution in [3.05, 3.63) is 35.1 Å². The van der Waals surface area contributed by atoms with Crippen molar-refractivity contribution in [3.8, 4) is 0 Å². The molecule has 0 radical (unpaired) electrons. The summed E-state index contributed by atoms with van der Waals surface area (Å²) in [7, 11) is 2.08. The summed E-state index contributed by atoms with van der Waals surface area (Å²) in [4.78, 5) is 2.27. The van der Waals surface area contributed by atoms with Gasteiger partial charge in [0.25, 0.3) is 0 Å². The zero-order chi connectivity index (χ0) is 13.1. The van der Waals surface area contributed by atoms with E-state index in [-0.39, 0.29) is 18.5 Å². The van der Waals surface area contributed by atoms with Crippen LogP contribution in [-0.4, -0.2) is 30.7 Å². The number of nitrogens with two attached hydrogens (primary N) is 1. The van der Waals surface area contributed by atoms with Gasteiger partial charge in [0.1, 0.15) is 5.82 Å². The lowest BCUT2D eigenvalue weighted by Crippen LogP contribution is -2.36. The van der Waals surface area contributed by atoms with Crippen LogP contribution in [0.5, 0.6) is 0 Å². The van der Waals surface area contributed by atoms with Gasteiger partial charge in [-0.15, -0.1) is 0 Å². The molecule has 0 aliphatic carbocycles. The monoisotopic (exact) mass is 252 g/mol. The van der Waals surface area contributed by atoms with E-state index in [1.165, 1.54) is 6.07 Å². The normalized spacial score (nSPS) is 23.8. The van der Waals surface area contributed by atoms with Gasteiger partial charge in [-0.3, -0.25) is 4.90 Å². The SMILES string of the molecule is CC1OCCC1N(C)Cc1ccc(F)c(CN)c1. The first kappa shape index (κ1) is 13.5. The van der Waals surface area contributed by atoms with E-state index in [1.54, 1.807) is 0 Å². The molecule has 0 saturated carbocycles. The zero-order valence-corrected chi connectivity index (χ0v) is 11.0. The topological polar surface area (TPSA) is 38.5 Å². The maximum absolute atomic E-state index is 13.4. The van der Waals surface area contributed by atoms with Crippen molar-refractivity contribution in [3.63, 3.8) is 0 Å². The highest BCUT2D eigenvalue weighted by molar-refractivity contribution is 5.25. The fraction of sp³-hybridized carbons (Fsp3) is 0.571. The third kappa shape index (κ3) is 2.88. The molecule has 1 aliphatic heterocycles. The van der Waals surface area contributed by atoms with E-state index in [9.17, 15) is 4.39 Å². The molecule has 0 spiro atoms. The first-order chi connectivity index (χ1) is 8.61. The lowest BCUT2D eigenvalue weighted by molar-refractivity contribution is 0.0814. The Morgan fingerprint density at radius 1 is 1.50 bits per heavy atom. The van der Waals surface area contributed by atoms with Crippen molar-refractivity contribution >= 4 is 0 Å². The van der Waals surface area contributed by atoms with E-state index in [1.807, 2.05) is 12.1 Å². The molecule has 2 unspecified atom stereocenters. The molecule has 1 aromatic rings. The van der Waals surface area contributed by atoms with Gasteiger partial charge in [0.2, 0.25) is 0 Å². The highest BCUT2D eigenvalue weighted by atomic mass is 19.1. The highest BCUT2D eigenvalue weighted by Crippen LogP contribution is 2.20. The van der Waals surface area contributed by atoms with Crippen LogP contribution in [0.3, 0.4) is 0 Å². The molecule has 0 amide bonds. The Bertz CT molecular complexity index is 411. The number of rotatable bonds is 4. The molecule has 1 aromatic carbocycles. The standard InChI is InChI=1S/C14H21FN2O/c1-10-14(5-6-18-10)17(2)9-11-3-4-13(15)12(7-11)8-16/h3-4,7,10,14H,5-6,8-9,16H2,1-2H3. The number of hydrogen-bond acceptors (Lipinski definition) is 3. The number of nitrogens with zero attached hydrogens (tertiary/aromatic N) is 1. The Morgan fingerprint density at radius 3 is 2.89 bits per heavy atom. The van der Waals surface area contributed by atoms with Gasteiger partial charge in [-0.05, 0) is 32.0 Å². The van der Waals surface area contributed by atoms with E-state index in [0.717, 1.165) is 25.1 Å². The van der Waals surface area contributed by atoms with Crippen LogP contribution in [0.15, 0.2) is 18.2 Å². The Balaban J connectivity index is 2.04. The second kappa shape index (κ2) is 5.78. The number of hydrogen-bond donors (Lipinski definition) is 1. The summed E-state index contributed by atoms with van der Waals surface area (Å²) in [6, 6.07) is 5.62. The minimum atomic E-state index is -0.221. The average molecular weight is 252 g/mol. The predicted octanol–water partition coefficient (Wildman–Crippen LogP) is 1.89. The van der Waals surface area contributed by atoms with Crippen LogP contribution in [0.25, 0.3) is 0 Å². The van der Waals surface area contributed by atoms with Gasteiger partial charge < -0.3 is 10.5 Å². The molecule has 2 atom stereocenters. The van der Waals surface area contributed by atoms with Gasteiger partial charge >= 0.3 is 0 Å². The van der Waals surface area contributed by atoms with Crippen LogP contribution in [0.1, 0.15) is 24.5 Å². The number of ether oxygens (including phenoxy) is 1. The minimum Gasteiger partial charge on any atom is -0.377 e. The minimum absolute atomic E-state index is 0.221. The quantitative estimate of drug-likeness (QED) is 0.889. The molecule has 2 N–H and O–H groups in total. The van der Waals surface area contributed by atoms with E-state index >= 15 is 0 Å². The van der Waals surface area contributed by atoms with Crippen LogP contribution >= 0.6 is 0 Å². The third-order valence-corrected chi connectivity index (χ3v) is 3.66. The summed E-state index contributed by atoms with van der Waals surface area (Å²) in [5.41, 5.74) is 7.20. The summed E-state index contributed by atoms with van der Waals surface area (Å²) in [6.07, 6.45) is 1.33. The summed E-state index contributed by atoms with van der Waals surface area (Å²) in [6.45, 7) is 3.97. The van der Waals surface area contributed by atoms with E-state index < -0.39 is 0 Å². The lowest BCUT2D eigenvalue weighted by atomic mass is 10.1. The molecule has 1 aliphatic rings. The van der Waals surface area contributed by atoms with Crippen LogP contribution in [0, 0.1) is 5.82 Å². The summed E-state index contributed by atoms with van der Waals surface area (Å²) in [5.74, 6) is -0.221. The summed E-state index contributed by atoms with van der Waals surface area (Å²) >= 11 is 0. The predicted molar refractivity (Wildman–Crippen MR) is 69.6 cm³/mol. The Morgan fingerprint density at radius 2 is 2.28 bits per heavy atom. The Labute approximate surface area is 108 Å². The fourth-order valence-corrected chi connectivity index (χ4v) is 2.59. The van der Waals surface area contributed by atoms with Crippen LogP contribution in [0.2, 0.25) is 0 Å². The van der Waals surface area contributed by atoms with Gasteiger partial charge in [-0.2, -0.15) is 0 Å². The Hall–Kier alpha value is -0.970. The molecule has 3 nitrogen and oxygen atoms in total. The summed E-state index contributed by atoms with van der Waals surface area (Å²) in [5, 5.41) is 0. The Kier molecular flexibility index (Phi) is 4.32. The molecule has 1 heterocycles. The fourth-order valence-electron chi connectivity index (χ4n) is 2.59. The molecule has 1 fully saturated rings. The van der Waals surface area contributed by atoms with Crippen molar-refractivity contribution in [2.45, 2.75) is 38.6 Å². The molecule has 0 bridgehead atoms. The van der Waals surface area contributed by atoms with Crippen LogP contribution in [0.4, 0.5) is 4.39 Å². The van der Waals surface area contributed by atoms with Crippen LogP contribution in [-0.2, 0) is 17.8 Å². The van der Waals surface area contributed by atoms with Gasteiger partial charge in [-0.25, -0.2) is 4.39 Å².